The molecule has 1 N–H and O–H groups in total. The monoisotopic (exact) mass is 309 g/mol. The summed E-state index contributed by atoms with van der Waals surface area (Å²) in [6.07, 6.45) is 0.777. The zero-order valence-electron chi connectivity index (χ0n) is 12.5. The maximum Gasteiger partial charge on any atom is 0.137 e. The van der Waals surface area contributed by atoms with Crippen LogP contribution in [0, 0.1) is 20.8 Å². The molecule has 0 saturated heterocycles. The van der Waals surface area contributed by atoms with Gasteiger partial charge in [0, 0.05) is 21.7 Å². The predicted molar refractivity (Wildman–Crippen MR) is 87.0 cm³/mol. The number of rotatable bonds is 4. The number of hydrogen-bond donors (Lipinski definition) is 1. The average Bonchev–Trinajstić information content (AvgIpc) is 2.73. The second-order valence-corrected chi connectivity index (χ2v) is 6.81. The molecule has 2 aromatic rings. The number of anilines is 1. The van der Waals surface area contributed by atoms with Crippen LogP contribution in [-0.2, 0) is 6.42 Å². The van der Waals surface area contributed by atoms with Gasteiger partial charge in [0.25, 0.3) is 0 Å². The number of halogens is 1. The standard InChI is InChI=1S/C15H20ClN3S/c1-6-13-18-14(16)9(3)15(19-13)17-10(4)12-7-8(2)20-11(12)5/h7,10H,6H2,1-5H3,(H,17,18,19). The van der Waals surface area contributed by atoms with Gasteiger partial charge in [-0.05, 0) is 39.3 Å². The van der Waals surface area contributed by atoms with Crippen molar-refractivity contribution < 1.29 is 0 Å². The minimum atomic E-state index is 0.203. The van der Waals surface area contributed by atoms with Gasteiger partial charge in [0.2, 0.25) is 0 Å². The molecule has 0 aliphatic carbocycles. The van der Waals surface area contributed by atoms with E-state index in [1.54, 1.807) is 0 Å². The molecule has 2 heterocycles. The molecule has 0 fully saturated rings. The molecule has 0 amide bonds. The van der Waals surface area contributed by atoms with Crippen molar-refractivity contribution in [2.45, 2.75) is 47.1 Å². The highest BCUT2D eigenvalue weighted by molar-refractivity contribution is 7.12. The molecule has 3 nitrogen and oxygen atoms in total. The fourth-order valence-electron chi connectivity index (χ4n) is 2.19. The van der Waals surface area contributed by atoms with Gasteiger partial charge in [-0.1, -0.05) is 18.5 Å². The average molecular weight is 310 g/mol. The highest BCUT2D eigenvalue weighted by Crippen LogP contribution is 2.30. The largest absolute Gasteiger partial charge is 0.363 e. The number of aryl methyl sites for hydroxylation is 3. The Morgan fingerprint density at radius 2 is 2.00 bits per heavy atom. The molecular weight excluding hydrogens is 290 g/mol. The molecule has 5 heteroatoms. The smallest absolute Gasteiger partial charge is 0.137 e. The van der Waals surface area contributed by atoms with Crippen molar-refractivity contribution in [3.63, 3.8) is 0 Å². The van der Waals surface area contributed by atoms with E-state index in [-0.39, 0.29) is 6.04 Å². The molecule has 0 aliphatic heterocycles. The molecule has 20 heavy (non-hydrogen) atoms. The van der Waals surface area contributed by atoms with Gasteiger partial charge >= 0.3 is 0 Å². The Balaban J connectivity index is 2.29. The highest BCUT2D eigenvalue weighted by atomic mass is 35.5. The summed E-state index contributed by atoms with van der Waals surface area (Å²) in [5.74, 6) is 1.60. The normalized spacial score (nSPS) is 12.5. The van der Waals surface area contributed by atoms with E-state index in [9.17, 15) is 0 Å². The van der Waals surface area contributed by atoms with Crippen molar-refractivity contribution in [1.82, 2.24) is 9.97 Å². The summed E-state index contributed by atoms with van der Waals surface area (Å²) in [4.78, 5) is 11.5. The molecular formula is C15H20ClN3S. The van der Waals surface area contributed by atoms with Crippen molar-refractivity contribution in [3.05, 3.63) is 37.9 Å². The molecule has 1 atom stereocenters. The summed E-state index contributed by atoms with van der Waals surface area (Å²) in [6, 6.07) is 2.44. The van der Waals surface area contributed by atoms with Crippen LogP contribution in [0.4, 0.5) is 5.82 Å². The van der Waals surface area contributed by atoms with E-state index in [2.05, 4.69) is 42.1 Å². The first kappa shape index (κ1) is 15.3. The summed E-state index contributed by atoms with van der Waals surface area (Å²) in [5.41, 5.74) is 2.22. The first-order valence-corrected chi connectivity index (χ1v) is 7.98. The molecule has 0 radical (unpaired) electrons. The molecule has 0 aromatic carbocycles. The molecule has 2 aromatic heterocycles. The van der Waals surface area contributed by atoms with Gasteiger partial charge in [-0.15, -0.1) is 11.3 Å². The van der Waals surface area contributed by atoms with Crippen molar-refractivity contribution in [3.8, 4) is 0 Å². The topological polar surface area (TPSA) is 37.8 Å². The maximum absolute atomic E-state index is 6.17. The third-order valence-electron chi connectivity index (χ3n) is 3.35. The summed E-state index contributed by atoms with van der Waals surface area (Å²) in [5, 5.41) is 4.00. The third-order valence-corrected chi connectivity index (χ3v) is 4.70. The highest BCUT2D eigenvalue weighted by Gasteiger charge is 2.15. The molecule has 108 valence electrons. The first-order valence-electron chi connectivity index (χ1n) is 6.78. The van der Waals surface area contributed by atoms with Crippen LogP contribution in [0.2, 0.25) is 5.15 Å². The zero-order chi connectivity index (χ0) is 14.9. The molecule has 0 spiro atoms. The number of nitrogens with one attached hydrogen (secondary N) is 1. The van der Waals surface area contributed by atoms with Crippen LogP contribution in [0.25, 0.3) is 0 Å². The van der Waals surface area contributed by atoms with E-state index in [4.69, 9.17) is 11.6 Å². The van der Waals surface area contributed by atoms with E-state index in [1.807, 2.05) is 25.2 Å². The van der Waals surface area contributed by atoms with Crippen LogP contribution in [0.1, 0.15) is 46.6 Å². The van der Waals surface area contributed by atoms with E-state index >= 15 is 0 Å². The first-order chi connectivity index (χ1) is 9.42. The van der Waals surface area contributed by atoms with Gasteiger partial charge < -0.3 is 5.32 Å². The summed E-state index contributed by atoms with van der Waals surface area (Å²) < 4.78 is 0. The zero-order valence-corrected chi connectivity index (χ0v) is 14.1. The molecule has 0 saturated carbocycles. The van der Waals surface area contributed by atoms with Gasteiger partial charge in [0.05, 0.1) is 6.04 Å². The Morgan fingerprint density at radius 3 is 2.55 bits per heavy atom. The summed E-state index contributed by atoms with van der Waals surface area (Å²) in [6.45, 7) is 10.4. The quantitative estimate of drug-likeness (QED) is 0.820. The van der Waals surface area contributed by atoms with E-state index < -0.39 is 0 Å². The van der Waals surface area contributed by atoms with Crippen LogP contribution >= 0.6 is 22.9 Å². The fourth-order valence-corrected chi connectivity index (χ4v) is 3.40. The van der Waals surface area contributed by atoms with Crippen LogP contribution in [0.5, 0.6) is 0 Å². The Hall–Kier alpha value is -1.13. The van der Waals surface area contributed by atoms with E-state index in [0.717, 1.165) is 23.6 Å². The van der Waals surface area contributed by atoms with Crippen LogP contribution in [0.3, 0.4) is 0 Å². The van der Waals surface area contributed by atoms with Crippen molar-refractivity contribution >= 4 is 28.8 Å². The Morgan fingerprint density at radius 1 is 1.30 bits per heavy atom. The lowest BCUT2D eigenvalue weighted by molar-refractivity contribution is 0.849. The lowest BCUT2D eigenvalue weighted by Crippen LogP contribution is -2.11. The lowest BCUT2D eigenvalue weighted by atomic mass is 10.1. The number of thiophene rings is 1. The van der Waals surface area contributed by atoms with Crippen LogP contribution in [0.15, 0.2) is 6.07 Å². The predicted octanol–water partition coefficient (Wildman–Crippen LogP) is 4.85. The van der Waals surface area contributed by atoms with Gasteiger partial charge in [-0.3, -0.25) is 0 Å². The number of aromatic nitrogens is 2. The second-order valence-electron chi connectivity index (χ2n) is 4.99. The minimum absolute atomic E-state index is 0.203. The van der Waals surface area contributed by atoms with E-state index in [0.29, 0.717) is 5.15 Å². The van der Waals surface area contributed by atoms with Crippen LogP contribution in [-0.4, -0.2) is 9.97 Å². The van der Waals surface area contributed by atoms with Gasteiger partial charge in [0.15, 0.2) is 0 Å². The van der Waals surface area contributed by atoms with Crippen molar-refractivity contribution in [2.75, 3.05) is 5.32 Å². The van der Waals surface area contributed by atoms with Crippen molar-refractivity contribution in [2.24, 2.45) is 0 Å². The minimum Gasteiger partial charge on any atom is -0.363 e. The Bertz CT molecular complexity index is 622. The van der Waals surface area contributed by atoms with Crippen LogP contribution < -0.4 is 5.32 Å². The van der Waals surface area contributed by atoms with Gasteiger partial charge in [-0.25, -0.2) is 9.97 Å². The fraction of sp³-hybridized carbons (Fsp3) is 0.467. The van der Waals surface area contributed by atoms with Crippen molar-refractivity contribution in [1.29, 1.82) is 0 Å². The van der Waals surface area contributed by atoms with Gasteiger partial charge in [-0.2, -0.15) is 0 Å². The SMILES string of the molecule is CCc1nc(Cl)c(C)c(NC(C)c2cc(C)sc2C)n1. The maximum atomic E-state index is 6.17. The van der Waals surface area contributed by atoms with Gasteiger partial charge in [0.1, 0.15) is 16.8 Å². The van der Waals surface area contributed by atoms with E-state index in [1.165, 1.54) is 15.3 Å². The summed E-state index contributed by atoms with van der Waals surface area (Å²) >= 11 is 8.00. The Labute approximate surface area is 129 Å². The molecule has 0 aliphatic rings. The molecule has 2 rings (SSSR count). The number of nitrogens with zero attached hydrogens (tertiary/aromatic N) is 2. The summed E-state index contributed by atoms with van der Waals surface area (Å²) in [7, 11) is 0. The molecule has 1 unspecified atom stereocenters. The second kappa shape index (κ2) is 6.10. The third kappa shape index (κ3) is 3.13. The molecule has 0 bridgehead atoms. The Kier molecular flexibility index (Phi) is 4.66. The number of hydrogen-bond acceptors (Lipinski definition) is 4. The lowest BCUT2D eigenvalue weighted by Gasteiger charge is -2.17.